The summed E-state index contributed by atoms with van der Waals surface area (Å²) in [4.78, 5) is 0. The van der Waals surface area contributed by atoms with Crippen LogP contribution in [0.4, 0.5) is 0 Å². The molecule has 0 amide bonds. The molecular weight excluding hydrogens is 438 g/mol. The molecule has 4 rings (SSSR count). The van der Waals surface area contributed by atoms with Gasteiger partial charge in [0.05, 0.1) is 0 Å². The van der Waals surface area contributed by atoms with E-state index in [1.54, 1.807) is 16.8 Å². The van der Waals surface area contributed by atoms with Gasteiger partial charge in [0, 0.05) is 31.9 Å². The van der Waals surface area contributed by atoms with Gasteiger partial charge < -0.3 is 10.7 Å². The molecule has 3 heteroatoms. The Kier molecular flexibility index (Phi) is 14.2. The van der Waals surface area contributed by atoms with Crippen LogP contribution in [-0.4, -0.2) is 23.1 Å². The Morgan fingerprint density at radius 1 is 0.944 bits per heavy atom. The molecule has 1 aliphatic heterocycles. The summed E-state index contributed by atoms with van der Waals surface area (Å²) in [5.74, 6) is 1.05. The molecule has 0 radical (unpaired) electrons. The Morgan fingerprint density at radius 3 is 2.36 bits per heavy atom. The van der Waals surface area contributed by atoms with E-state index in [4.69, 9.17) is 5.73 Å². The monoisotopic (exact) mass is 493 g/mol. The van der Waals surface area contributed by atoms with Gasteiger partial charge >= 0.3 is 0 Å². The van der Waals surface area contributed by atoms with Crippen LogP contribution in [0.25, 0.3) is 0 Å². The lowest BCUT2D eigenvalue weighted by Crippen LogP contribution is -2.36. The number of nitrogens with zero attached hydrogens (tertiary/aromatic N) is 2. The minimum atomic E-state index is 0.630. The summed E-state index contributed by atoms with van der Waals surface area (Å²) in [7, 11) is 0. The summed E-state index contributed by atoms with van der Waals surface area (Å²) in [5.41, 5.74) is 15.0. The summed E-state index contributed by atoms with van der Waals surface area (Å²) in [6, 6.07) is 6.84. The van der Waals surface area contributed by atoms with Crippen molar-refractivity contribution in [2.75, 3.05) is 13.1 Å². The maximum Gasteiger partial charge on any atom is 0.0434 e. The molecule has 1 aromatic carbocycles. The van der Waals surface area contributed by atoms with Crippen LogP contribution >= 0.6 is 0 Å². The Bertz CT molecular complexity index is 833. The first kappa shape index (κ1) is 30.4. The zero-order valence-electron chi connectivity index (χ0n) is 24.1. The van der Waals surface area contributed by atoms with Crippen molar-refractivity contribution < 1.29 is 0 Å². The summed E-state index contributed by atoms with van der Waals surface area (Å²) < 4.78 is 0. The lowest BCUT2D eigenvalue weighted by molar-refractivity contribution is 0.0512. The van der Waals surface area contributed by atoms with Crippen LogP contribution in [-0.2, 0) is 19.5 Å². The second-order valence-corrected chi connectivity index (χ2v) is 10.2. The van der Waals surface area contributed by atoms with Gasteiger partial charge in [0.2, 0.25) is 0 Å². The van der Waals surface area contributed by atoms with E-state index in [0.29, 0.717) is 6.54 Å². The summed E-state index contributed by atoms with van der Waals surface area (Å²) in [6.45, 7) is 18.6. The van der Waals surface area contributed by atoms with Gasteiger partial charge in [-0.05, 0) is 79.2 Å². The third-order valence-electron chi connectivity index (χ3n) is 8.14. The molecule has 0 atom stereocenters. The van der Waals surface area contributed by atoms with Gasteiger partial charge in [0.15, 0.2) is 0 Å². The van der Waals surface area contributed by atoms with Crippen LogP contribution in [0.5, 0.6) is 0 Å². The first-order valence-corrected chi connectivity index (χ1v) is 15.0. The Balaban J connectivity index is 0.00000109. The molecule has 3 aliphatic rings. The molecule has 0 aromatic heterocycles. The third kappa shape index (κ3) is 8.35. The van der Waals surface area contributed by atoms with Gasteiger partial charge in [0.1, 0.15) is 0 Å². The number of aryl methyl sites for hydroxylation is 1. The molecule has 2 N–H and O–H groups in total. The fourth-order valence-electron chi connectivity index (χ4n) is 5.84. The zero-order chi connectivity index (χ0) is 26.3. The minimum absolute atomic E-state index is 0.630. The number of allylic oxidation sites excluding steroid dienone is 4. The Labute approximate surface area is 223 Å². The van der Waals surface area contributed by atoms with E-state index < -0.39 is 0 Å². The standard InChI is InChI=1S/C29H45N3.C2H6.C2H4/c1-3-25-15-16-29(20-27(25)12-6-5-9-23-10-7-11-23)32-18-8-17-31(32)22-28-14-13-24(21-30)19-26(28)4-2;2*1-2/h13-14,19-20,23H,3-12,15-18,21-22,30H2,1-2H3;1-2H3;1-2H2. The van der Waals surface area contributed by atoms with Crippen LogP contribution in [0.15, 0.2) is 54.3 Å². The van der Waals surface area contributed by atoms with E-state index in [-0.39, 0.29) is 0 Å². The molecule has 202 valence electrons. The van der Waals surface area contributed by atoms with E-state index in [1.807, 2.05) is 13.8 Å². The van der Waals surface area contributed by atoms with E-state index >= 15 is 0 Å². The number of rotatable bonds is 11. The predicted molar refractivity (Wildman–Crippen MR) is 158 cm³/mol. The van der Waals surface area contributed by atoms with Gasteiger partial charge in [-0.15, -0.1) is 13.2 Å². The number of hydrogen-bond donors (Lipinski definition) is 1. The highest BCUT2D eigenvalue weighted by Gasteiger charge is 2.26. The average molecular weight is 494 g/mol. The SMILES string of the molecule is C=C.CC.CCC1=C(CCCCC2CCC2)C=C(N2CCCN2Cc2ccc(CN)cc2CC)CC1. The van der Waals surface area contributed by atoms with E-state index in [1.165, 1.54) is 100 Å². The fourth-order valence-corrected chi connectivity index (χ4v) is 5.84. The molecule has 36 heavy (non-hydrogen) atoms. The molecule has 2 fully saturated rings. The molecule has 0 bridgehead atoms. The van der Waals surface area contributed by atoms with E-state index in [9.17, 15) is 0 Å². The maximum absolute atomic E-state index is 5.88. The fraction of sp³-hybridized carbons (Fsp3) is 0.636. The molecule has 2 aliphatic carbocycles. The normalized spacial score (nSPS) is 18.1. The number of hydrazine groups is 1. The number of unbranched alkanes of at least 4 members (excludes halogenated alkanes) is 1. The highest BCUT2D eigenvalue weighted by Crippen LogP contribution is 2.35. The van der Waals surface area contributed by atoms with E-state index in [2.05, 4.69) is 61.3 Å². The third-order valence-corrected chi connectivity index (χ3v) is 8.14. The van der Waals surface area contributed by atoms with Crippen molar-refractivity contribution in [3.8, 4) is 0 Å². The largest absolute Gasteiger partial charge is 0.326 e. The van der Waals surface area contributed by atoms with Gasteiger partial charge in [-0.3, -0.25) is 0 Å². The van der Waals surface area contributed by atoms with Gasteiger partial charge in [-0.1, -0.05) is 83.6 Å². The highest BCUT2D eigenvalue weighted by atomic mass is 15.6. The van der Waals surface area contributed by atoms with Crippen molar-refractivity contribution in [2.24, 2.45) is 11.7 Å². The predicted octanol–water partition coefficient (Wildman–Crippen LogP) is 8.70. The van der Waals surface area contributed by atoms with Crippen molar-refractivity contribution >= 4 is 0 Å². The van der Waals surface area contributed by atoms with Crippen molar-refractivity contribution in [3.05, 3.63) is 71.0 Å². The number of hydrogen-bond acceptors (Lipinski definition) is 3. The Hall–Kier alpha value is -1.84. The molecule has 1 saturated heterocycles. The quantitative estimate of drug-likeness (QED) is 0.247. The lowest BCUT2D eigenvalue weighted by atomic mass is 9.81. The van der Waals surface area contributed by atoms with Gasteiger partial charge in [-0.2, -0.15) is 0 Å². The first-order chi connectivity index (χ1) is 17.7. The minimum Gasteiger partial charge on any atom is -0.326 e. The van der Waals surface area contributed by atoms with Crippen LogP contribution in [0, 0.1) is 5.92 Å². The topological polar surface area (TPSA) is 32.5 Å². The molecule has 1 aromatic rings. The molecule has 0 unspecified atom stereocenters. The van der Waals surface area contributed by atoms with Crippen molar-refractivity contribution in [2.45, 2.75) is 118 Å². The maximum atomic E-state index is 5.88. The van der Waals surface area contributed by atoms with Crippen molar-refractivity contribution in [1.82, 2.24) is 10.0 Å². The molecule has 3 nitrogen and oxygen atoms in total. The second-order valence-electron chi connectivity index (χ2n) is 10.2. The number of nitrogens with two attached hydrogens (primary N) is 1. The zero-order valence-corrected chi connectivity index (χ0v) is 24.1. The summed E-state index contributed by atoms with van der Waals surface area (Å²) in [6.07, 6.45) is 18.6. The van der Waals surface area contributed by atoms with Crippen LogP contribution in [0.1, 0.15) is 115 Å². The molecular formula is C33H55N3. The lowest BCUT2D eigenvalue weighted by Gasteiger charge is -2.35. The van der Waals surface area contributed by atoms with Crippen molar-refractivity contribution in [3.63, 3.8) is 0 Å². The van der Waals surface area contributed by atoms with Crippen LogP contribution in [0.2, 0.25) is 0 Å². The summed E-state index contributed by atoms with van der Waals surface area (Å²) >= 11 is 0. The highest BCUT2D eigenvalue weighted by molar-refractivity contribution is 5.34. The molecule has 1 heterocycles. The number of benzene rings is 1. The Morgan fingerprint density at radius 2 is 1.72 bits per heavy atom. The summed E-state index contributed by atoms with van der Waals surface area (Å²) in [5, 5.41) is 5.23. The molecule has 1 saturated carbocycles. The second kappa shape index (κ2) is 16.8. The van der Waals surface area contributed by atoms with Gasteiger partial charge in [-0.25, -0.2) is 5.01 Å². The molecule has 0 spiro atoms. The van der Waals surface area contributed by atoms with Crippen molar-refractivity contribution in [1.29, 1.82) is 0 Å². The van der Waals surface area contributed by atoms with Crippen LogP contribution < -0.4 is 5.73 Å². The average Bonchev–Trinajstić information content (AvgIpc) is 3.38. The van der Waals surface area contributed by atoms with Gasteiger partial charge in [0.25, 0.3) is 0 Å². The first-order valence-electron chi connectivity index (χ1n) is 15.0. The smallest absolute Gasteiger partial charge is 0.0434 e. The van der Waals surface area contributed by atoms with Crippen LogP contribution in [0.3, 0.4) is 0 Å². The van der Waals surface area contributed by atoms with E-state index in [0.717, 1.165) is 18.9 Å².